The van der Waals surface area contributed by atoms with Crippen LogP contribution in [0.25, 0.3) is 0 Å². The first-order chi connectivity index (χ1) is 8.56. The number of nitrogens with zero attached hydrogens (tertiary/aromatic N) is 2. The van der Waals surface area contributed by atoms with Gasteiger partial charge in [0, 0.05) is 5.02 Å². The third kappa shape index (κ3) is 3.10. The monoisotopic (exact) mass is 302 g/mol. The van der Waals surface area contributed by atoms with Crippen LogP contribution in [0.5, 0.6) is 0 Å². The number of nitrogens with one attached hydrogen (secondary N) is 1. The Morgan fingerprint density at radius 1 is 1.39 bits per heavy atom. The molecule has 1 aromatic heterocycles. The summed E-state index contributed by atoms with van der Waals surface area (Å²) in [6.45, 7) is 0.247. The number of aromatic nitrogens is 2. The van der Waals surface area contributed by atoms with E-state index in [2.05, 4.69) is 15.5 Å². The number of amides is 1. The van der Waals surface area contributed by atoms with Gasteiger partial charge in [-0.3, -0.25) is 4.79 Å². The zero-order valence-electron chi connectivity index (χ0n) is 8.98. The molecule has 5 nitrogen and oxygen atoms in total. The Morgan fingerprint density at radius 2 is 2.17 bits per heavy atom. The molecule has 94 valence electrons. The van der Waals surface area contributed by atoms with Crippen molar-refractivity contribution in [3.05, 3.63) is 38.8 Å². The SMILES string of the molecule is Nc1nnc(CNC(=O)c2cc(Cl)ccc2Cl)s1. The summed E-state index contributed by atoms with van der Waals surface area (Å²) < 4.78 is 0. The van der Waals surface area contributed by atoms with Gasteiger partial charge in [0.05, 0.1) is 17.1 Å². The molecule has 0 aliphatic carbocycles. The lowest BCUT2D eigenvalue weighted by Crippen LogP contribution is -2.23. The first-order valence-corrected chi connectivity index (χ1v) is 6.44. The third-order valence-corrected chi connectivity index (χ3v) is 3.37. The molecule has 2 rings (SSSR count). The van der Waals surface area contributed by atoms with Crippen LogP contribution >= 0.6 is 34.5 Å². The molecule has 2 aromatic rings. The smallest absolute Gasteiger partial charge is 0.253 e. The number of hydrogen-bond donors (Lipinski definition) is 2. The Balaban J connectivity index is 2.05. The second-order valence-corrected chi connectivity index (χ2v) is 5.28. The summed E-state index contributed by atoms with van der Waals surface area (Å²) in [5.41, 5.74) is 5.75. The largest absolute Gasteiger partial charge is 0.374 e. The van der Waals surface area contributed by atoms with Crippen molar-refractivity contribution in [2.45, 2.75) is 6.54 Å². The van der Waals surface area contributed by atoms with Gasteiger partial charge in [0.1, 0.15) is 5.01 Å². The maximum atomic E-state index is 11.9. The summed E-state index contributed by atoms with van der Waals surface area (Å²) in [5, 5.41) is 11.9. The number of anilines is 1. The highest BCUT2D eigenvalue weighted by Crippen LogP contribution is 2.20. The molecule has 0 aliphatic heterocycles. The van der Waals surface area contributed by atoms with E-state index in [0.29, 0.717) is 25.7 Å². The van der Waals surface area contributed by atoms with Gasteiger partial charge in [0.25, 0.3) is 5.91 Å². The van der Waals surface area contributed by atoms with Crippen LogP contribution in [0.4, 0.5) is 5.13 Å². The minimum absolute atomic E-state index is 0.247. The molecule has 0 atom stereocenters. The zero-order chi connectivity index (χ0) is 13.1. The molecule has 0 bridgehead atoms. The maximum Gasteiger partial charge on any atom is 0.253 e. The topological polar surface area (TPSA) is 80.9 Å². The molecule has 0 saturated heterocycles. The van der Waals surface area contributed by atoms with Crippen molar-refractivity contribution in [2.24, 2.45) is 0 Å². The zero-order valence-corrected chi connectivity index (χ0v) is 11.3. The van der Waals surface area contributed by atoms with Crippen LogP contribution in [-0.4, -0.2) is 16.1 Å². The van der Waals surface area contributed by atoms with Crippen LogP contribution in [0.15, 0.2) is 18.2 Å². The van der Waals surface area contributed by atoms with Crippen LogP contribution < -0.4 is 11.1 Å². The Bertz CT molecular complexity index is 587. The summed E-state index contributed by atoms with van der Waals surface area (Å²) in [4.78, 5) is 11.9. The van der Waals surface area contributed by atoms with Crippen molar-refractivity contribution in [2.75, 3.05) is 5.73 Å². The second kappa shape index (κ2) is 5.51. The van der Waals surface area contributed by atoms with E-state index in [4.69, 9.17) is 28.9 Å². The summed E-state index contributed by atoms with van der Waals surface area (Å²) in [5.74, 6) is -0.323. The first-order valence-electron chi connectivity index (χ1n) is 4.87. The van der Waals surface area contributed by atoms with E-state index in [1.807, 2.05) is 0 Å². The molecule has 0 aliphatic rings. The Morgan fingerprint density at radius 3 is 2.83 bits per heavy atom. The summed E-state index contributed by atoms with van der Waals surface area (Å²) >= 11 is 12.9. The minimum Gasteiger partial charge on any atom is -0.374 e. The van der Waals surface area contributed by atoms with E-state index in [1.165, 1.54) is 17.4 Å². The normalized spacial score (nSPS) is 10.3. The molecule has 8 heteroatoms. The Labute approximate surface area is 117 Å². The van der Waals surface area contributed by atoms with Crippen LogP contribution in [0.3, 0.4) is 0 Å². The van der Waals surface area contributed by atoms with Crippen molar-refractivity contribution in [3.8, 4) is 0 Å². The maximum absolute atomic E-state index is 11.9. The Kier molecular flexibility index (Phi) is 4.00. The van der Waals surface area contributed by atoms with Gasteiger partial charge >= 0.3 is 0 Å². The average molecular weight is 303 g/mol. The first kappa shape index (κ1) is 13.1. The minimum atomic E-state index is -0.323. The van der Waals surface area contributed by atoms with Gasteiger partial charge in [0.2, 0.25) is 5.13 Å². The Hall–Kier alpha value is -1.37. The van der Waals surface area contributed by atoms with Gasteiger partial charge in [-0.2, -0.15) is 0 Å². The highest BCUT2D eigenvalue weighted by molar-refractivity contribution is 7.15. The van der Waals surface area contributed by atoms with Crippen molar-refractivity contribution < 1.29 is 4.79 Å². The van der Waals surface area contributed by atoms with E-state index in [0.717, 1.165) is 0 Å². The van der Waals surface area contributed by atoms with Gasteiger partial charge in [-0.25, -0.2) is 0 Å². The van der Waals surface area contributed by atoms with Crippen LogP contribution in [-0.2, 0) is 6.54 Å². The molecule has 0 unspecified atom stereocenters. The second-order valence-electron chi connectivity index (χ2n) is 3.34. The summed E-state index contributed by atoms with van der Waals surface area (Å²) in [7, 11) is 0. The molecule has 0 fully saturated rings. The van der Waals surface area contributed by atoms with E-state index in [-0.39, 0.29) is 12.5 Å². The molecule has 1 amide bonds. The van der Waals surface area contributed by atoms with Gasteiger partial charge < -0.3 is 11.1 Å². The molecule has 0 saturated carbocycles. The standard InChI is InChI=1S/C10H8Cl2N4OS/c11-5-1-2-7(12)6(3-5)9(17)14-4-8-15-16-10(13)18-8/h1-3H,4H2,(H2,13,16)(H,14,17). The van der Waals surface area contributed by atoms with E-state index < -0.39 is 0 Å². The van der Waals surface area contributed by atoms with E-state index in [9.17, 15) is 4.79 Å². The third-order valence-electron chi connectivity index (χ3n) is 2.06. The number of halogens is 2. The van der Waals surface area contributed by atoms with E-state index in [1.54, 1.807) is 12.1 Å². The summed E-state index contributed by atoms with van der Waals surface area (Å²) in [6, 6.07) is 4.70. The lowest BCUT2D eigenvalue weighted by atomic mass is 10.2. The van der Waals surface area contributed by atoms with Crippen LogP contribution in [0.1, 0.15) is 15.4 Å². The van der Waals surface area contributed by atoms with Gasteiger partial charge in [-0.15, -0.1) is 10.2 Å². The molecule has 1 aromatic carbocycles. The number of rotatable bonds is 3. The number of benzene rings is 1. The van der Waals surface area contributed by atoms with Crippen molar-refractivity contribution in [1.82, 2.24) is 15.5 Å². The molecule has 0 spiro atoms. The van der Waals surface area contributed by atoms with Gasteiger partial charge in [-0.1, -0.05) is 34.5 Å². The number of nitrogens with two attached hydrogens (primary N) is 1. The van der Waals surface area contributed by atoms with Crippen molar-refractivity contribution in [1.29, 1.82) is 0 Å². The van der Waals surface area contributed by atoms with Gasteiger partial charge in [0.15, 0.2) is 0 Å². The molecular weight excluding hydrogens is 295 g/mol. The highest BCUT2D eigenvalue weighted by Gasteiger charge is 2.11. The fraction of sp³-hybridized carbons (Fsp3) is 0.100. The number of carbonyl (C=O) groups is 1. The predicted octanol–water partition coefficient (Wildman–Crippen LogP) is 2.36. The molecule has 1 heterocycles. The fourth-order valence-corrected chi connectivity index (χ4v) is 2.19. The lowest BCUT2D eigenvalue weighted by molar-refractivity contribution is 0.0951. The number of nitrogen functional groups attached to an aromatic ring is 1. The number of carbonyl (C=O) groups excluding carboxylic acids is 1. The molecular formula is C10H8Cl2N4OS. The molecule has 3 N–H and O–H groups in total. The van der Waals surface area contributed by atoms with Crippen LogP contribution in [0, 0.1) is 0 Å². The van der Waals surface area contributed by atoms with Crippen molar-refractivity contribution >= 4 is 45.6 Å². The predicted molar refractivity (Wildman–Crippen MR) is 72.0 cm³/mol. The van der Waals surface area contributed by atoms with E-state index >= 15 is 0 Å². The molecule has 0 radical (unpaired) electrons. The average Bonchev–Trinajstić information content (AvgIpc) is 2.75. The van der Waals surface area contributed by atoms with Crippen molar-refractivity contribution in [3.63, 3.8) is 0 Å². The molecule has 18 heavy (non-hydrogen) atoms. The number of hydrogen-bond acceptors (Lipinski definition) is 5. The lowest BCUT2D eigenvalue weighted by Gasteiger charge is -2.05. The van der Waals surface area contributed by atoms with Gasteiger partial charge in [-0.05, 0) is 18.2 Å². The van der Waals surface area contributed by atoms with Crippen LogP contribution in [0.2, 0.25) is 10.0 Å². The quantitative estimate of drug-likeness (QED) is 0.912. The fourth-order valence-electron chi connectivity index (χ4n) is 1.26. The summed E-state index contributed by atoms with van der Waals surface area (Å²) in [6.07, 6.45) is 0. The highest BCUT2D eigenvalue weighted by atomic mass is 35.5.